The number of carbonyl (C=O) groups excluding carboxylic acids is 1. The molecular formula is C17H18ClNO. The summed E-state index contributed by atoms with van der Waals surface area (Å²) in [6, 6.07) is 16.0. The van der Waals surface area contributed by atoms with Crippen molar-refractivity contribution in [3.05, 3.63) is 64.7 Å². The first-order valence-electron chi connectivity index (χ1n) is 6.80. The lowest BCUT2D eigenvalue weighted by molar-refractivity contribution is -0.115. The van der Waals surface area contributed by atoms with E-state index in [1.54, 1.807) is 0 Å². The second-order valence-electron chi connectivity index (χ2n) is 4.73. The number of halogens is 1. The van der Waals surface area contributed by atoms with E-state index in [9.17, 15) is 4.79 Å². The van der Waals surface area contributed by atoms with Crippen LogP contribution in [0.25, 0.3) is 0 Å². The fraction of sp³-hybridized carbons (Fsp3) is 0.235. The molecule has 2 rings (SSSR count). The molecule has 0 radical (unpaired) electrons. The average molecular weight is 288 g/mol. The monoisotopic (exact) mass is 287 g/mol. The van der Waals surface area contributed by atoms with E-state index < -0.39 is 0 Å². The van der Waals surface area contributed by atoms with Crippen molar-refractivity contribution in [2.24, 2.45) is 0 Å². The van der Waals surface area contributed by atoms with Crippen molar-refractivity contribution in [2.75, 3.05) is 5.32 Å². The lowest BCUT2D eigenvalue weighted by Crippen LogP contribution is -2.09. The largest absolute Gasteiger partial charge is 0.326 e. The second-order valence-corrected chi connectivity index (χ2v) is 5.16. The van der Waals surface area contributed by atoms with Crippen molar-refractivity contribution in [2.45, 2.75) is 26.2 Å². The number of hydrogen-bond donors (Lipinski definition) is 1. The zero-order valence-corrected chi connectivity index (χ0v) is 12.3. The van der Waals surface area contributed by atoms with Crippen LogP contribution in [0.4, 0.5) is 5.69 Å². The van der Waals surface area contributed by atoms with Crippen LogP contribution in [-0.4, -0.2) is 5.91 Å². The molecule has 0 fully saturated rings. The third-order valence-corrected chi connectivity index (χ3v) is 3.43. The van der Waals surface area contributed by atoms with Gasteiger partial charge in [0.25, 0.3) is 0 Å². The maximum absolute atomic E-state index is 11.3. The highest BCUT2D eigenvalue weighted by Crippen LogP contribution is 2.14. The standard InChI is InChI=1S/C17H18ClNO/c1-2-17(20)19-16-11-7-14(8-12-16)4-3-13-5-9-15(18)10-6-13/h5-12H,2-4H2,1H3,(H,19,20). The highest BCUT2D eigenvalue weighted by molar-refractivity contribution is 6.30. The van der Waals surface area contributed by atoms with Crippen LogP contribution in [0.15, 0.2) is 48.5 Å². The van der Waals surface area contributed by atoms with Gasteiger partial charge < -0.3 is 5.32 Å². The van der Waals surface area contributed by atoms with E-state index in [1.165, 1.54) is 11.1 Å². The Hall–Kier alpha value is -1.80. The molecule has 0 saturated heterocycles. The van der Waals surface area contributed by atoms with Crippen molar-refractivity contribution < 1.29 is 4.79 Å². The molecule has 104 valence electrons. The molecule has 0 heterocycles. The van der Waals surface area contributed by atoms with Gasteiger partial charge in [0.05, 0.1) is 0 Å². The van der Waals surface area contributed by atoms with Gasteiger partial charge in [0.2, 0.25) is 5.91 Å². The fourth-order valence-electron chi connectivity index (χ4n) is 1.94. The molecule has 1 amide bonds. The Labute approximate surface area is 124 Å². The van der Waals surface area contributed by atoms with Gasteiger partial charge in [-0.2, -0.15) is 0 Å². The molecule has 0 saturated carbocycles. The number of carbonyl (C=O) groups is 1. The summed E-state index contributed by atoms with van der Waals surface area (Å²) in [6.45, 7) is 1.84. The summed E-state index contributed by atoms with van der Waals surface area (Å²) in [5.74, 6) is 0.0407. The van der Waals surface area contributed by atoms with E-state index in [0.717, 1.165) is 23.6 Å². The number of aryl methyl sites for hydroxylation is 2. The SMILES string of the molecule is CCC(=O)Nc1ccc(CCc2ccc(Cl)cc2)cc1. The molecule has 3 heteroatoms. The summed E-state index contributed by atoms with van der Waals surface area (Å²) in [5.41, 5.74) is 3.39. The highest BCUT2D eigenvalue weighted by atomic mass is 35.5. The van der Waals surface area contributed by atoms with Gasteiger partial charge in [-0.3, -0.25) is 4.79 Å². The lowest BCUT2D eigenvalue weighted by atomic mass is 10.0. The van der Waals surface area contributed by atoms with E-state index >= 15 is 0 Å². The molecule has 2 nitrogen and oxygen atoms in total. The quantitative estimate of drug-likeness (QED) is 0.863. The van der Waals surface area contributed by atoms with Crippen molar-refractivity contribution >= 4 is 23.2 Å². The topological polar surface area (TPSA) is 29.1 Å². The first kappa shape index (κ1) is 14.6. The van der Waals surface area contributed by atoms with Crippen LogP contribution in [0.2, 0.25) is 5.02 Å². The molecule has 20 heavy (non-hydrogen) atoms. The predicted octanol–water partition coefficient (Wildman–Crippen LogP) is 4.47. The number of benzene rings is 2. The Morgan fingerprint density at radius 2 is 1.45 bits per heavy atom. The maximum atomic E-state index is 11.3. The summed E-state index contributed by atoms with van der Waals surface area (Å²) in [6.07, 6.45) is 2.46. The molecule has 0 atom stereocenters. The zero-order chi connectivity index (χ0) is 14.4. The summed E-state index contributed by atoms with van der Waals surface area (Å²) in [5, 5.41) is 3.61. The lowest BCUT2D eigenvalue weighted by Gasteiger charge is -2.06. The van der Waals surface area contributed by atoms with Crippen LogP contribution in [-0.2, 0) is 17.6 Å². The highest BCUT2D eigenvalue weighted by Gasteiger charge is 2.00. The van der Waals surface area contributed by atoms with Crippen molar-refractivity contribution in [3.63, 3.8) is 0 Å². The van der Waals surface area contributed by atoms with Crippen LogP contribution in [0.5, 0.6) is 0 Å². The minimum absolute atomic E-state index is 0.0407. The normalized spacial score (nSPS) is 10.3. The third kappa shape index (κ3) is 4.39. The summed E-state index contributed by atoms with van der Waals surface area (Å²) in [7, 11) is 0. The number of amides is 1. The summed E-state index contributed by atoms with van der Waals surface area (Å²) in [4.78, 5) is 11.3. The summed E-state index contributed by atoms with van der Waals surface area (Å²) >= 11 is 5.87. The van der Waals surface area contributed by atoms with Gasteiger partial charge >= 0.3 is 0 Å². The Balaban J connectivity index is 1.90. The Kier molecular flexibility index (Phi) is 5.19. The molecule has 0 unspecified atom stereocenters. The van der Waals surface area contributed by atoms with Gasteiger partial charge in [0.1, 0.15) is 0 Å². The molecule has 2 aromatic carbocycles. The van der Waals surface area contributed by atoms with Gasteiger partial charge in [-0.1, -0.05) is 42.8 Å². The van der Waals surface area contributed by atoms with E-state index in [4.69, 9.17) is 11.6 Å². The Bertz CT molecular complexity index is 561. The van der Waals surface area contributed by atoms with Crippen molar-refractivity contribution in [3.8, 4) is 0 Å². The Morgan fingerprint density at radius 3 is 1.95 bits per heavy atom. The minimum atomic E-state index is 0.0407. The molecule has 1 N–H and O–H groups in total. The van der Waals surface area contributed by atoms with Crippen LogP contribution in [0.1, 0.15) is 24.5 Å². The molecule has 0 aliphatic carbocycles. The van der Waals surface area contributed by atoms with Gasteiger partial charge in [0, 0.05) is 17.1 Å². The van der Waals surface area contributed by atoms with Gasteiger partial charge in [-0.15, -0.1) is 0 Å². The molecule has 2 aromatic rings. The van der Waals surface area contributed by atoms with Crippen LogP contribution in [0.3, 0.4) is 0 Å². The maximum Gasteiger partial charge on any atom is 0.224 e. The number of nitrogens with one attached hydrogen (secondary N) is 1. The minimum Gasteiger partial charge on any atom is -0.326 e. The van der Waals surface area contributed by atoms with Crippen LogP contribution < -0.4 is 5.32 Å². The first-order valence-corrected chi connectivity index (χ1v) is 7.18. The van der Waals surface area contributed by atoms with Crippen molar-refractivity contribution in [1.82, 2.24) is 0 Å². The smallest absolute Gasteiger partial charge is 0.224 e. The zero-order valence-electron chi connectivity index (χ0n) is 11.5. The van der Waals surface area contributed by atoms with Crippen LogP contribution in [0, 0.1) is 0 Å². The van der Waals surface area contributed by atoms with E-state index in [2.05, 4.69) is 29.6 Å². The van der Waals surface area contributed by atoms with E-state index in [1.807, 2.05) is 31.2 Å². The molecule has 0 spiro atoms. The number of rotatable bonds is 5. The fourth-order valence-corrected chi connectivity index (χ4v) is 2.07. The molecule has 0 aromatic heterocycles. The Morgan fingerprint density at radius 1 is 0.950 bits per heavy atom. The molecule has 0 aliphatic rings. The number of hydrogen-bond acceptors (Lipinski definition) is 1. The van der Waals surface area contributed by atoms with E-state index in [0.29, 0.717) is 6.42 Å². The van der Waals surface area contributed by atoms with E-state index in [-0.39, 0.29) is 5.91 Å². The molecule has 0 aliphatic heterocycles. The van der Waals surface area contributed by atoms with Crippen molar-refractivity contribution in [1.29, 1.82) is 0 Å². The van der Waals surface area contributed by atoms with Gasteiger partial charge in [-0.05, 0) is 48.2 Å². The van der Waals surface area contributed by atoms with Gasteiger partial charge in [-0.25, -0.2) is 0 Å². The molecule has 0 bridgehead atoms. The number of anilines is 1. The molecular weight excluding hydrogens is 270 g/mol. The van der Waals surface area contributed by atoms with Gasteiger partial charge in [0.15, 0.2) is 0 Å². The first-order chi connectivity index (χ1) is 9.67. The predicted molar refractivity (Wildman–Crippen MR) is 84.2 cm³/mol. The van der Waals surface area contributed by atoms with Crippen LogP contribution >= 0.6 is 11.6 Å². The summed E-state index contributed by atoms with van der Waals surface area (Å²) < 4.78 is 0. The third-order valence-electron chi connectivity index (χ3n) is 3.17. The average Bonchev–Trinajstić information content (AvgIpc) is 2.48. The second kappa shape index (κ2) is 7.11.